The topological polar surface area (TPSA) is 34.1 Å². The van der Waals surface area contributed by atoms with Crippen LogP contribution in [0.3, 0.4) is 0 Å². The summed E-state index contributed by atoms with van der Waals surface area (Å²) >= 11 is 12.8. The Balaban J connectivity index is 2.03. The maximum Gasteiger partial charge on any atom is 0.159 e. The molecule has 0 bridgehead atoms. The zero-order valence-corrected chi connectivity index (χ0v) is 16.9. The number of carbonyl (C=O) groups is 2. The van der Waals surface area contributed by atoms with Crippen molar-refractivity contribution in [1.29, 1.82) is 0 Å². The number of halogens is 2. The largest absolute Gasteiger partial charge is 0.295 e. The third-order valence-corrected chi connectivity index (χ3v) is 5.67. The molecule has 0 saturated heterocycles. The number of benzene rings is 3. The molecule has 0 fully saturated rings. The first-order valence-electron chi connectivity index (χ1n) is 8.83. The second-order valence-electron chi connectivity index (χ2n) is 6.83. The number of fused-ring (bicyclic) bond motifs is 3. The number of hydrogen-bond donors (Lipinski definition) is 0. The molecule has 0 saturated carbocycles. The van der Waals surface area contributed by atoms with Crippen molar-refractivity contribution in [2.24, 2.45) is 0 Å². The van der Waals surface area contributed by atoms with Gasteiger partial charge in [0.25, 0.3) is 0 Å². The van der Waals surface area contributed by atoms with Crippen molar-refractivity contribution in [2.45, 2.75) is 13.8 Å². The quantitative estimate of drug-likeness (QED) is 0.344. The van der Waals surface area contributed by atoms with Crippen molar-refractivity contribution in [3.8, 4) is 11.1 Å². The minimum atomic E-state index is -0.00157. The summed E-state index contributed by atoms with van der Waals surface area (Å²) in [6.45, 7) is 3.10. The second-order valence-corrected chi connectivity index (χ2v) is 7.64. The average molecular weight is 407 g/mol. The Kier molecular flexibility index (Phi) is 4.70. The molecule has 138 valence electrons. The fourth-order valence-electron chi connectivity index (χ4n) is 3.54. The van der Waals surface area contributed by atoms with Crippen LogP contribution in [0.2, 0.25) is 10.0 Å². The smallest absolute Gasteiger partial charge is 0.159 e. The lowest BCUT2D eigenvalue weighted by Gasteiger charge is -2.08. The van der Waals surface area contributed by atoms with Crippen LogP contribution < -0.4 is 0 Å². The van der Waals surface area contributed by atoms with Gasteiger partial charge in [0, 0.05) is 26.7 Å². The average Bonchev–Trinajstić information content (AvgIpc) is 2.97. The van der Waals surface area contributed by atoms with Gasteiger partial charge in [0.15, 0.2) is 11.6 Å². The maximum absolute atomic E-state index is 11.9. The Bertz CT molecular complexity index is 1100. The van der Waals surface area contributed by atoms with Crippen LogP contribution >= 0.6 is 23.2 Å². The van der Waals surface area contributed by atoms with Crippen molar-refractivity contribution >= 4 is 46.4 Å². The third kappa shape index (κ3) is 3.09. The van der Waals surface area contributed by atoms with Gasteiger partial charge in [0.1, 0.15) is 0 Å². The van der Waals surface area contributed by atoms with Crippen LogP contribution in [-0.2, 0) is 0 Å². The lowest BCUT2D eigenvalue weighted by atomic mass is 9.97. The van der Waals surface area contributed by atoms with Gasteiger partial charge in [-0.2, -0.15) is 0 Å². The number of ketones is 2. The van der Waals surface area contributed by atoms with Crippen molar-refractivity contribution < 1.29 is 9.59 Å². The zero-order valence-electron chi connectivity index (χ0n) is 15.3. The molecule has 0 aromatic heterocycles. The van der Waals surface area contributed by atoms with Gasteiger partial charge in [-0.25, -0.2) is 0 Å². The second kappa shape index (κ2) is 7.05. The van der Waals surface area contributed by atoms with Crippen LogP contribution in [0.25, 0.3) is 22.8 Å². The molecular weight excluding hydrogens is 391 g/mol. The molecule has 0 radical (unpaired) electrons. The Morgan fingerprint density at radius 3 is 1.61 bits per heavy atom. The van der Waals surface area contributed by atoms with E-state index in [4.69, 9.17) is 23.2 Å². The lowest BCUT2D eigenvalue weighted by Crippen LogP contribution is -1.94. The van der Waals surface area contributed by atoms with Crippen LogP contribution in [0.1, 0.15) is 51.3 Å². The number of hydrogen-bond acceptors (Lipinski definition) is 2. The fraction of sp³-hybridized carbons (Fsp3) is 0.0833. The van der Waals surface area contributed by atoms with Gasteiger partial charge < -0.3 is 0 Å². The van der Waals surface area contributed by atoms with Gasteiger partial charge in [-0.3, -0.25) is 9.59 Å². The molecule has 0 amide bonds. The van der Waals surface area contributed by atoms with Gasteiger partial charge in [-0.1, -0.05) is 53.5 Å². The first kappa shape index (κ1) is 18.7. The number of rotatable bonds is 3. The van der Waals surface area contributed by atoms with E-state index in [2.05, 4.69) is 0 Å². The fourth-order valence-corrected chi connectivity index (χ4v) is 4.04. The van der Waals surface area contributed by atoms with Crippen LogP contribution in [0, 0.1) is 0 Å². The molecule has 0 heterocycles. The maximum atomic E-state index is 11.9. The molecule has 0 spiro atoms. The van der Waals surface area contributed by atoms with Crippen molar-refractivity contribution in [3.63, 3.8) is 0 Å². The van der Waals surface area contributed by atoms with E-state index >= 15 is 0 Å². The predicted molar refractivity (Wildman–Crippen MR) is 115 cm³/mol. The van der Waals surface area contributed by atoms with Crippen molar-refractivity contribution in [3.05, 3.63) is 92.5 Å². The summed E-state index contributed by atoms with van der Waals surface area (Å²) < 4.78 is 0. The normalized spacial score (nSPS) is 11.8. The molecule has 2 nitrogen and oxygen atoms in total. The monoisotopic (exact) mass is 406 g/mol. The van der Waals surface area contributed by atoms with Gasteiger partial charge in [-0.15, -0.1) is 0 Å². The molecule has 4 rings (SSSR count). The summed E-state index contributed by atoms with van der Waals surface area (Å²) in [6, 6.07) is 16.7. The van der Waals surface area contributed by atoms with Gasteiger partial charge >= 0.3 is 0 Å². The molecule has 1 aliphatic rings. The van der Waals surface area contributed by atoms with E-state index in [-0.39, 0.29) is 11.6 Å². The molecule has 3 aromatic carbocycles. The SMILES string of the molecule is CC(=O)c1ccc2c(c1)C(=Cc1c(Cl)cccc1Cl)c1cc(C(C)=O)ccc1-2. The summed E-state index contributed by atoms with van der Waals surface area (Å²) in [6.07, 6.45) is 1.93. The number of carbonyl (C=O) groups excluding carboxylic acids is 2. The summed E-state index contributed by atoms with van der Waals surface area (Å²) in [5, 5.41) is 1.08. The standard InChI is InChI=1S/C24H16Cl2O2/c1-13(27)15-6-8-17-18-9-7-16(14(2)28)11-20(18)21(19(17)10-15)12-22-23(25)4-3-5-24(22)26/h3-12H,1-2H3. The van der Waals surface area contributed by atoms with Crippen molar-refractivity contribution in [1.82, 2.24) is 0 Å². The van der Waals surface area contributed by atoms with E-state index in [9.17, 15) is 9.59 Å². The highest BCUT2D eigenvalue weighted by Crippen LogP contribution is 2.46. The molecule has 0 N–H and O–H groups in total. The summed E-state index contributed by atoms with van der Waals surface area (Å²) in [5.74, 6) is -0.00314. The minimum absolute atomic E-state index is 0.00157. The molecule has 0 unspecified atom stereocenters. The van der Waals surface area contributed by atoms with E-state index in [0.717, 1.165) is 27.8 Å². The van der Waals surface area contributed by atoms with Crippen LogP contribution in [-0.4, -0.2) is 11.6 Å². The molecule has 1 aliphatic carbocycles. The minimum Gasteiger partial charge on any atom is -0.295 e. The summed E-state index contributed by atoms with van der Waals surface area (Å²) in [7, 11) is 0. The van der Waals surface area contributed by atoms with E-state index in [1.807, 2.05) is 42.5 Å². The molecule has 0 aliphatic heterocycles. The van der Waals surface area contributed by atoms with E-state index < -0.39 is 0 Å². The lowest BCUT2D eigenvalue weighted by molar-refractivity contribution is 0.100. The van der Waals surface area contributed by atoms with E-state index in [1.165, 1.54) is 0 Å². The van der Waals surface area contributed by atoms with Gasteiger partial charge in [0.2, 0.25) is 0 Å². The highest BCUT2D eigenvalue weighted by atomic mass is 35.5. The highest BCUT2D eigenvalue weighted by molar-refractivity contribution is 6.37. The van der Waals surface area contributed by atoms with Crippen molar-refractivity contribution in [2.75, 3.05) is 0 Å². The molecule has 3 aromatic rings. The molecular formula is C24H16Cl2O2. The van der Waals surface area contributed by atoms with Gasteiger partial charge in [0.05, 0.1) is 0 Å². The Labute approximate surface area is 173 Å². The first-order valence-corrected chi connectivity index (χ1v) is 9.59. The zero-order chi connectivity index (χ0) is 20.0. The van der Waals surface area contributed by atoms with E-state index in [0.29, 0.717) is 26.7 Å². The predicted octanol–water partition coefficient (Wildman–Crippen LogP) is 6.97. The molecule has 0 atom stereocenters. The molecule has 28 heavy (non-hydrogen) atoms. The summed E-state index contributed by atoms with van der Waals surface area (Å²) in [5.41, 5.74) is 6.77. The Hall–Kier alpha value is -2.68. The number of Topliss-reactive ketones (excluding diaryl/α,β-unsaturated/α-hetero) is 2. The van der Waals surface area contributed by atoms with Crippen LogP contribution in [0.15, 0.2) is 54.6 Å². The van der Waals surface area contributed by atoms with Gasteiger partial charge in [-0.05, 0) is 72.0 Å². The Morgan fingerprint density at radius 2 is 1.18 bits per heavy atom. The summed E-state index contributed by atoms with van der Waals surface area (Å²) in [4.78, 5) is 23.9. The molecule has 4 heteroatoms. The van der Waals surface area contributed by atoms with E-state index in [1.54, 1.807) is 32.0 Å². The highest BCUT2D eigenvalue weighted by Gasteiger charge is 2.25. The van der Waals surface area contributed by atoms with Crippen LogP contribution in [0.5, 0.6) is 0 Å². The van der Waals surface area contributed by atoms with Crippen LogP contribution in [0.4, 0.5) is 0 Å². The third-order valence-electron chi connectivity index (χ3n) is 5.01. The Morgan fingerprint density at radius 1 is 0.714 bits per heavy atom. The first-order chi connectivity index (χ1) is 13.4.